The Labute approximate surface area is 78.0 Å². The summed E-state index contributed by atoms with van der Waals surface area (Å²) in [5, 5.41) is 9.68. The van der Waals surface area contributed by atoms with E-state index < -0.39 is 0 Å². The summed E-state index contributed by atoms with van der Waals surface area (Å²) in [6.07, 6.45) is 0. The van der Waals surface area contributed by atoms with Crippen LogP contribution in [0.25, 0.3) is 0 Å². The third-order valence-electron chi connectivity index (χ3n) is 1.96. The Hall–Kier alpha value is -0.530. The highest BCUT2D eigenvalue weighted by molar-refractivity contribution is 6.31. The molecule has 66 valence electrons. The van der Waals surface area contributed by atoms with E-state index in [-0.39, 0.29) is 12.5 Å². The van der Waals surface area contributed by atoms with Crippen molar-refractivity contribution in [3.05, 3.63) is 34.3 Å². The van der Waals surface area contributed by atoms with Crippen LogP contribution in [0.5, 0.6) is 0 Å². The van der Waals surface area contributed by atoms with E-state index in [0.717, 1.165) is 10.6 Å². The molecule has 0 heterocycles. The standard InChI is InChI=1S/C10H13ClO/c1-7-3-4-10(11)9(5-7)8(2)6-12/h3-5,8,12H,6H2,1-2H3. The van der Waals surface area contributed by atoms with Crippen LogP contribution in [0.2, 0.25) is 5.02 Å². The lowest BCUT2D eigenvalue weighted by Gasteiger charge is -2.10. The van der Waals surface area contributed by atoms with Crippen molar-refractivity contribution in [1.82, 2.24) is 0 Å². The van der Waals surface area contributed by atoms with Gasteiger partial charge in [-0.1, -0.05) is 36.2 Å². The predicted octanol–water partition coefficient (Wildman–Crippen LogP) is 2.74. The van der Waals surface area contributed by atoms with Gasteiger partial charge in [0.25, 0.3) is 0 Å². The third kappa shape index (κ3) is 1.99. The van der Waals surface area contributed by atoms with Gasteiger partial charge in [0.05, 0.1) is 0 Å². The number of rotatable bonds is 2. The molecule has 12 heavy (non-hydrogen) atoms. The summed E-state index contributed by atoms with van der Waals surface area (Å²) >= 11 is 5.96. The molecule has 0 spiro atoms. The molecule has 1 rings (SSSR count). The summed E-state index contributed by atoms with van der Waals surface area (Å²) < 4.78 is 0. The largest absolute Gasteiger partial charge is 0.396 e. The van der Waals surface area contributed by atoms with Crippen molar-refractivity contribution in [3.8, 4) is 0 Å². The molecule has 0 amide bonds. The minimum Gasteiger partial charge on any atom is -0.396 e. The fourth-order valence-corrected chi connectivity index (χ4v) is 1.44. The lowest BCUT2D eigenvalue weighted by molar-refractivity contribution is 0.273. The molecule has 1 N–H and O–H groups in total. The lowest BCUT2D eigenvalue weighted by atomic mass is 10.0. The van der Waals surface area contributed by atoms with E-state index in [1.54, 1.807) is 0 Å². The smallest absolute Gasteiger partial charge is 0.0497 e. The maximum atomic E-state index is 8.94. The number of benzene rings is 1. The van der Waals surface area contributed by atoms with Gasteiger partial charge in [0.2, 0.25) is 0 Å². The van der Waals surface area contributed by atoms with Gasteiger partial charge in [-0.25, -0.2) is 0 Å². The molecule has 0 aliphatic heterocycles. The zero-order valence-corrected chi connectivity index (χ0v) is 8.10. The van der Waals surface area contributed by atoms with Gasteiger partial charge in [-0.2, -0.15) is 0 Å². The van der Waals surface area contributed by atoms with E-state index in [4.69, 9.17) is 16.7 Å². The zero-order chi connectivity index (χ0) is 9.14. The SMILES string of the molecule is Cc1ccc(Cl)c(C(C)CO)c1. The summed E-state index contributed by atoms with van der Waals surface area (Å²) in [4.78, 5) is 0. The van der Waals surface area contributed by atoms with Crippen LogP contribution in [0.3, 0.4) is 0 Å². The highest BCUT2D eigenvalue weighted by atomic mass is 35.5. The molecular formula is C10H13ClO. The van der Waals surface area contributed by atoms with Crippen LogP contribution in [-0.4, -0.2) is 11.7 Å². The minimum atomic E-state index is 0.123. The summed E-state index contributed by atoms with van der Waals surface area (Å²) in [5.41, 5.74) is 2.20. The van der Waals surface area contributed by atoms with E-state index >= 15 is 0 Å². The monoisotopic (exact) mass is 184 g/mol. The second kappa shape index (κ2) is 3.92. The van der Waals surface area contributed by atoms with Crippen molar-refractivity contribution in [2.45, 2.75) is 19.8 Å². The van der Waals surface area contributed by atoms with Crippen molar-refractivity contribution >= 4 is 11.6 Å². The van der Waals surface area contributed by atoms with Crippen molar-refractivity contribution < 1.29 is 5.11 Å². The van der Waals surface area contributed by atoms with E-state index in [2.05, 4.69) is 0 Å². The van der Waals surface area contributed by atoms with Crippen molar-refractivity contribution in [2.24, 2.45) is 0 Å². The molecule has 0 aliphatic carbocycles. The van der Waals surface area contributed by atoms with Gasteiger partial charge in [-0.15, -0.1) is 0 Å². The lowest BCUT2D eigenvalue weighted by Crippen LogP contribution is -1.99. The van der Waals surface area contributed by atoms with Gasteiger partial charge in [0.1, 0.15) is 0 Å². The Bertz CT molecular complexity index is 271. The second-order valence-electron chi connectivity index (χ2n) is 3.11. The third-order valence-corrected chi connectivity index (χ3v) is 2.30. The molecular weight excluding hydrogens is 172 g/mol. The first-order valence-corrected chi connectivity index (χ1v) is 4.40. The first-order valence-electron chi connectivity index (χ1n) is 4.02. The first kappa shape index (κ1) is 9.56. The fourth-order valence-electron chi connectivity index (χ4n) is 1.14. The highest BCUT2D eigenvalue weighted by Crippen LogP contribution is 2.24. The van der Waals surface area contributed by atoms with Gasteiger partial charge >= 0.3 is 0 Å². The topological polar surface area (TPSA) is 20.2 Å². The number of hydrogen-bond donors (Lipinski definition) is 1. The minimum absolute atomic E-state index is 0.123. The van der Waals surface area contributed by atoms with E-state index in [1.807, 2.05) is 32.0 Å². The molecule has 1 nitrogen and oxygen atoms in total. The Kier molecular flexibility index (Phi) is 3.12. The fraction of sp³-hybridized carbons (Fsp3) is 0.400. The number of halogens is 1. The molecule has 1 aromatic rings. The summed E-state index contributed by atoms with van der Waals surface area (Å²) in [5.74, 6) is 0.123. The molecule has 0 fully saturated rings. The summed E-state index contributed by atoms with van der Waals surface area (Å²) in [7, 11) is 0. The van der Waals surface area contributed by atoms with E-state index in [0.29, 0.717) is 0 Å². The Morgan fingerprint density at radius 2 is 2.17 bits per heavy atom. The summed E-state index contributed by atoms with van der Waals surface area (Å²) in [6.45, 7) is 4.12. The van der Waals surface area contributed by atoms with Gasteiger partial charge in [-0.05, 0) is 18.6 Å². The Balaban J connectivity index is 3.04. The van der Waals surface area contributed by atoms with E-state index in [1.165, 1.54) is 5.56 Å². The van der Waals surface area contributed by atoms with E-state index in [9.17, 15) is 0 Å². The van der Waals surface area contributed by atoms with Crippen LogP contribution in [0, 0.1) is 6.92 Å². The van der Waals surface area contributed by atoms with Crippen molar-refractivity contribution in [2.75, 3.05) is 6.61 Å². The predicted molar refractivity (Wildman–Crippen MR) is 51.7 cm³/mol. The first-order chi connectivity index (χ1) is 5.65. The zero-order valence-electron chi connectivity index (χ0n) is 7.34. The van der Waals surface area contributed by atoms with Gasteiger partial charge < -0.3 is 5.11 Å². The molecule has 1 unspecified atom stereocenters. The summed E-state index contributed by atoms with van der Waals surface area (Å²) in [6, 6.07) is 5.86. The van der Waals surface area contributed by atoms with Crippen molar-refractivity contribution in [3.63, 3.8) is 0 Å². The number of aliphatic hydroxyl groups is 1. The Morgan fingerprint density at radius 3 is 2.75 bits per heavy atom. The van der Waals surface area contributed by atoms with Gasteiger partial charge in [0.15, 0.2) is 0 Å². The van der Waals surface area contributed by atoms with Crippen LogP contribution < -0.4 is 0 Å². The molecule has 1 aromatic carbocycles. The molecule has 2 heteroatoms. The molecule has 0 saturated heterocycles. The maximum Gasteiger partial charge on any atom is 0.0497 e. The number of aliphatic hydroxyl groups excluding tert-OH is 1. The van der Waals surface area contributed by atoms with Crippen LogP contribution in [0.1, 0.15) is 24.0 Å². The molecule has 1 atom stereocenters. The van der Waals surface area contributed by atoms with Crippen LogP contribution in [0.4, 0.5) is 0 Å². The molecule has 0 saturated carbocycles. The van der Waals surface area contributed by atoms with Crippen LogP contribution in [0.15, 0.2) is 18.2 Å². The normalized spacial score (nSPS) is 13.0. The molecule has 0 aromatic heterocycles. The van der Waals surface area contributed by atoms with Gasteiger partial charge in [0, 0.05) is 17.5 Å². The van der Waals surface area contributed by atoms with Crippen LogP contribution in [-0.2, 0) is 0 Å². The average molecular weight is 185 g/mol. The van der Waals surface area contributed by atoms with Crippen molar-refractivity contribution in [1.29, 1.82) is 0 Å². The molecule has 0 aliphatic rings. The maximum absolute atomic E-state index is 8.94. The molecule has 0 radical (unpaired) electrons. The Morgan fingerprint density at radius 1 is 1.50 bits per heavy atom. The average Bonchev–Trinajstić information content (AvgIpc) is 2.08. The number of aryl methyl sites for hydroxylation is 1. The quantitative estimate of drug-likeness (QED) is 0.750. The number of hydrogen-bond acceptors (Lipinski definition) is 1. The molecule has 0 bridgehead atoms. The van der Waals surface area contributed by atoms with Gasteiger partial charge in [-0.3, -0.25) is 0 Å². The highest BCUT2D eigenvalue weighted by Gasteiger charge is 2.07. The van der Waals surface area contributed by atoms with Crippen LogP contribution >= 0.6 is 11.6 Å². The second-order valence-corrected chi connectivity index (χ2v) is 3.52.